The summed E-state index contributed by atoms with van der Waals surface area (Å²) in [5.74, 6) is -0.790. The molecule has 1 aliphatic carbocycles. The second kappa shape index (κ2) is 7.40. The zero-order valence-electron chi connectivity index (χ0n) is 16.2. The Morgan fingerprint density at radius 1 is 1.21 bits per heavy atom. The normalized spacial score (nSPS) is 20.1. The maximum absolute atomic E-state index is 12.7. The number of aromatic nitrogens is 2. The molecule has 1 aromatic rings. The second-order valence-corrected chi connectivity index (χ2v) is 8.07. The van der Waals surface area contributed by atoms with Gasteiger partial charge in [0.2, 0.25) is 5.91 Å². The third kappa shape index (κ3) is 3.89. The van der Waals surface area contributed by atoms with Crippen molar-refractivity contribution in [1.29, 1.82) is 0 Å². The lowest BCUT2D eigenvalue weighted by Crippen LogP contribution is -2.50. The molecule has 156 valence electrons. The first-order chi connectivity index (χ1) is 13.0. The number of amides is 1. The molecule has 0 bridgehead atoms. The fourth-order valence-corrected chi connectivity index (χ4v) is 4.61. The lowest BCUT2D eigenvalue weighted by Gasteiger charge is -2.47. The van der Waals surface area contributed by atoms with Gasteiger partial charge in [0.05, 0.1) is 17.5 Å². The number of carbonyl (C=O) groups is 2. The monoisotopic (exact) mass is 401 g/mol. The highest BCUT2D eigenvalue weighted by atomic mass is 19.4. The van der Waals surface area contributed by atoms with Crippen LogP contribution in [0.5, 0.6) is 0 Å². The van der Waals surface area contributed by atoms with Crippen LogP contribution in [0.15, 0.2) is 0 Å². The summed E-state index contributed by atoms with van der Waals surface area (Å²) in [6.07, 6.45) is -0.688. The van der Waals surface area contributed by atoms with E-state index in [9.17, 15) is 27.9 Å². The van der Waals surface area contributed by atoms with Gasteiger partial charge in [-0.2, -0.15) is 18.3 Å². The van der Waals surface area contributed by atoms with Gasteiger partial charge in [-0.25, -0.2) is 0 Å². The molecule has 0 radical (unpaired) electrons. The van der Waals surface area contributed by atoms with E-state index in [1.807, 2.05) is 0 Å². The van der Waals surface area contributed by atoms with Gasteiger partial charge in [0, 0.05) is 24.3 Å². The van der Waals surface area contributed by atoms with Gasteiger partial charge in [0.15, 0.2) is 0 Å². The Labute approximate surface area is 161 Å². The Morgan fingerprint density at radius 2 is 1.82 bits per heavy atom. The molecule has 2 fully saturated rings. The minimum absolute atomic E-state index is 0.0181. The van der Waals surface area contributed by atoms with Gasteiger partial charge in [0.25, 0.3) is 0 Å². The molecule has 0 aromatic carbocycles. The number of rotatable bonds is 5. The van der Waals surface area contributed by atoms with Crippen molar-refractivity contribution in [2.24, 2.45) is 11.3 Å². The highest BCUT2D eigenvalue weighted by Gasteiger charge is 2.51. The fraction of sp³-hybridized carbons (Fsp3) is 0.737. The van der Waals surface area contributed by atoms with Gasteiger partial charge in [-0.3, -0.25) is 14.3 Å². The van der Waals surface area contributed by atoms with Crippen molar-refractivity contribution >= 4 is 11.9 Å². The van der Waals surface area contributed by atoms with E-state index >= 15 is 0 Å². The van der Waals surface area contributed by atoms with Crippen molar-refractivity contribution in [2.75, 3.05) is 13.1 Å². The molecule has 2 heterocycles. The summed E-state index contributed by atoms with van der Waals surface area (Å²) in [5.41, 5.74) is 0.708. The number of carboxylic acids is 1. The van der Waals surface area contributed by atoms with Crippen LogP contribution in [-0.4, -0.2) is 50.9 Å². The minimum atomic E-state index is -4.37. The molecule has 1 N–H and O–H groups in total. The zero-order valence-corrected chi connectivity index (χ0v) is 16.2. The van der Waals surface area contributed by atoms with Gasteiger partial charge < -0.3 is 10.0 Å². The topological polar surface area (TPSA) is 75.4 Å². The molecule has 0 atom stereocenters. The summed E-state index contributed by atoms with van der Waals surface area (Å²) in [7, 11) is 0. The molecular weight excluding hydrogens is 375 g/mol. The number of aryl methyl sites for hydroxylation is 1. The van der Waals surface area contributed by atoms with Gasteiger partial charge >= 0.3 is 12.1 Å². The Hall–Kier alpha value is -2.06. The van der Waals surface area contributed by atoms with E-state index in [0.29, 0.717) is 55.7 Å². The van der Waals surface area contributed by atoms with Crippen LogP contribution in [0.4, 0.5) is 13.2 Å². The van der Waals surface area contributed by atoms with Gasteiger partial charge in [-0.15, -0.1) is 0 Å². The lowest BCUT2D eigenvalue weighted by molar-refractivity contribution is -0.162. The third-order valence-corrected chi connectivity index (χ3v) is 6.49. The number of carboxylic acid groups (broad SMARTS) is 1. The molecule has 1 aromatic heterocycles. The van der Waals surface area contributed by atoms with Crippen molar-refractivity contribution in [3.05, 3.63) is 17.0 Å². The highest BCUT2D eigenvalue weighted by molar-refractivity contribution is 5.79. The lowest BCUT2D eigenvalue weighted by atomic mass is 9.58. The number of nitrogens with zero attached hydrogens (tertiary/aromatic N) is 3. The van der Waals surface area contributed by atoms with Crippen molar-refractivity contribution < 1.29 is 27.9 Å². The average molecular weight is 401 g/mol. The first-order valence-corrected chi connectivity index (χ1v) is 9.64. The van der Waals surface area contributed by atoms with Crippen LogP contribution in [0.25, 0.3) is 0 Å². The molecule has 9 heteroatoms. The molecule has 0 spiro atoms. The number of alkyl halides is 3. The highest BCUT2D eigenvalue weighted by Crippen LogP contribution is 2.50. The Bertz CT molecular complexity index is 760. The summed E-state index contributed by atoms with van der Waals surface area (Å²) >= 11 is 0. The number of piperidine rings is 1. The number of hydrogen-bond acceptors (Lipinski definition) is 3. The molecule has 6 nitrogen and oxygen atoms in total. The first kappa shape index (κ1) is 20.7. The number of halogens is 3. The van der Waals surface area contributed by atoms with Crippen LogP contribution in [0, 0.1) is 25.2 Å². The quantitative estimate of drug-likeness (QED) is 0.823. The van der Waals surface area contributed by atoms with Gasteiger partial charge in [-0.05, 0) is 45.4 Å². The second-order valence-electron chi connectivity index (χ2n) is 8.07. The van der Waals surface area contributed by atoms with Gasteiger partial charge in [0.1, 0.15) is 6.54 Å². The summed E-state index contributed by atoms with van der Waals surface area (Å²) in [4.78, 5) is 26.1. The molecule has 0 unspecified atom stereocenters. The molecule has 1 aliphatic heterocycles. The summed E-state index contributed by atoms with van der Waals surface area (Å²) in [6.45, 7) is 2.98. The molecule has 3 rings (SSSR count). The zero-order chi connectivity index (χ0) is 20.7. The fourth-order valence-electron chi connectivity index (χ4n) is 4.61. The Kier molecular flexibility index (Phi) is 5.46. The summed E-state index contributed by atoms with van der Waals surface area (Å²) in [5, 5.41) is 13.5. The van der Waals surface area contributed by atoms with Crippen LogP contribution in [-0.2, 0) is 22.6 Å². The summed E-state index contributed by atoms with van der Waals surface area (Å²) in [6, 6.07) is 0. The Morgan fingerprint density at radius 3 is 2.29 bits per heavy atom. The maximum atomic E-state index is 12.7. The van der Waals surface area contributed by atoms with Crippen molar-refractivity contribution in [1.82, 2.24) is 14.7 Å². The van der Waals surface area contributed by atoms with Crippen LogP contribution in [0.1, 0.15) is 49.1 Å². The van der Waals surface area contributed by atoms with E-state index < -0.39 is 24.1 Å². The first-order valence-electron chi connectivity index (χ1n) is 9.64. The minimum Gasteiger partial charge on any atom is -0.481 e. The average Bonchev–Trinajstić information content (AvgIpc) is 2.80. The van der Waals surface area contributed by atoms with Crippen LogP contribution < -0.4 is 0 Å². The van der Waals surface area contributed by atoms with Crippen molar-refractivity contribution in [2.45, 2.75) is 65.1 Å². The van der Waals surface area contributed by atoms with Crippen LogP contribution >= 0.6 is 0 Å². The van der Waals surface area contributed by atoms with Gasteiger partial charge in [-0.1, -0.05) is 6.42 Å². The van der Waals surface area contributed by atoms with Crippen LogP contribution in [0.3, 0.4) is 0 Å². The van der Waals surface area contributed by atoms with E-state index in [-0.39, 0.29) is 18.2 Å². The van der Waals surface area contributed by atoms with E-state index in [2.05, 4.69) is 5.10 Å². The maximum Gasteiger partial charge on any atom is 0.408 e. The van der Waals surface area contributed by atoms with Crippen molar-refractivity contribution in [3.8, 4) is 0 Å². The van der Waals surface area contributed by atoms with E-state index in [1.54, 1.807) is 18.7 Å². The van der Waals surface area contributed by atoms with E-state index in [1.165, 1.54) is 0 Å². The van der Waals surface area contributed by atoms with Crippen LogP contribution in [0.2, 0.25) is 0 Å². The largest absolute Gasteiger partial charge is 0.481 e. The molecule has 1 saturated carbocycles. The number of likely N-dealkylation sites (tertiary alicyclic amines) is 1. The SMILES string of the molecule is Cc1nn(CC(F)(F)F)c(C)c1CC(=O)N1CCC(C2(C(=O)O)CCC2)CC1. The summed E-state index contributed by atoms with van der Waals surface area (Å²) < 4.78 is 38.9. The number of aliphatic carboxylic acids is 1. The molecular formula is C19H26F3N3O3. The molecule has 1 amide bonds. The Balaban J connectivity index is 1.62. The smallest absolute Gasteiger partial charge is 0.408 e. The number of carbonyl (C=O) groups excluding carboxylic acids is 1. The molecule has 1 saturated heterocycles. The van der Waals surface area contributed by atoms with E-state index in [0.717, 1.165) is 11.1 Å². The molecule has 28 heavy (non-hydrogen) atoms. The third-order valence-electron chi connectivity index (χ3n) is 6.49. The predicted molar refractivity (Wildman–Crippen MR) is 94.7 cm³/mol. The van der Waals surface area contributed by atoms with E-state index in [4.69, 9.17) is 0 Å². The number of hydrogen-bond donors (Lipinski definition) is 1. The predicted octanol–water partition coefficient (Wildman–Crippen LogP) is 3.10. The molecule has 2 aliphatic rings. The standard InChI is InChI=1S/C19H26F3N3O3/c1-12-15(13(2)25(23-12)11-19(20,21)22)10-16(26)24-8-4-14(5-9-24)18(17(27)28)6-3-7-18/h14H,3-11H2,1-2H3,(H,27,28). The van der Waals surface area contributed by atoms with Crippen molar-refractivity contribution in [3.63, 3.8) is 0 Å².